The van der Waals surface area contributed by atoms with Gasteiger partial charge < -0.3 is 15.1 Å². The summed E-state index contributed by atoms with van der Waals surface area (Å²) < 4.78 is 12.9. The normalized spacial score (nSPS) is 15.2. The van der Waals surface area contributed by atoms with Crippen LogP contribution in [-0.4, -0.2) is 56.0 Å². The lowest BCUT2D eigenvalue weighted by Crippen LogP contribution is -2.52. The van der Waals surface area contributed by atoms with Crippen molar-refractivity contribution in [1.29, 1.82) is 0 Å². The fraction of sp³-hybridized carbons (Fsp3) is 0.533. The van der Waals surface area contributed by atoms with Crippen LogP contribution in [0, 0.1) is 11.7 Å². The third-order valence-corrected chi connectivity index (χ3v) is 3.55. The largest absolute Gasteiger partial charge is 0.337 e. The van der Waals surface area contributed by atoms with Gasteiger partial charge in [-0.25, -0.2) is 4.39 Å². The molecule has 4 nitrogen and oxygen atoms in total. The van der Waals surface area contributed by atoms with Crippen molar-refractivity contribution in [2.45, 2.75) is 6.54 Å². The molecule has 1 fully saturated rings. The molecule has 0 spiro atoms. The summed E-state index contributed by atoms with van der Waals surface area (Å²) in [6.45, 7) is 3.59. The number of halogens is 1. The van der Waals surface area contributed by atoms with Gasteiger partial charge >= 0.3 is 0 Å². The molecule has 110 valence electrons. The highest BCUT2D eigenvalue weighted by Crippen LogP contribution is 2.13. The highest BCUT2D eigenvalue weighted by Gasteiger charge is 2.29. The molecule has 0 aliphatic carbocycles. The molecule has 1 saturated heterocycles. The Morgan fingerprint density at radius 3 is 2.40 bits per heavy atom. The number of hydrogen-bond donors (Lipinski definition) is 1. The van der Waals surface area contributed by atoms with E-state index in [0.717, 1.165) is 25.2 Å². The Bertz CT molecular complexity index is 443. The molecule has 0 radical (unpaired) electrons. The molecule has 1 aromatic carbocycles. The summed E-state index contributed by atoms with van der Waals surface area (Å²) in [6, 6.07) is 6.36. The number of carbonyl (C=O) groups is 1. The lowest BCUT2D eigenvalue weighted by atomic mass is 10.0. The van der Waals surface area contributed by atoms with Gasteiger partial charge in [-0.2, -0.15) is 0 Å². The van der Waals surface area contributed by atoms with E-state index in [1.807, 2.05) is 19.0 Å². The Morgan fingerprint density at radius 2 is 1.90 bits per heavy atom. The second-order valence-corrected chi connectivity index (χ2v) is 5.54. The predicted molar refractivity (Wildman–Crippen MR) is 76.7 cm³/mol. The number of hydrogen-bond acceptors (Lipinski definition) is 3. The van der Waals surface area contributed by atoms with Gasteiger partial charge in [-0.1, -0.05) is 12.1 Å². The quantitative estimate of drug-likeness (QED) is 0.841. The minimum atomic E-state index is -0.247. The first-order valence-corrected chi connectivity index (χ1v) is 6.95. The van der Waals surface area contributed by atoms with Crippen molar-refractivity contribution in [2.24, 2.45) is 5.92 Å². The van der Waals surface area contributed by atoms with Gasteiger partial charge in [0, 0.05) is 32.7 Å². The summed E-state index contributed by atoms with van der Waals surface area (Å²) in [5, 5.41) is 3.13. The van der Waals surface area contributed by atoms with E-state index in [9.17, 15) is 9.18 Å². The van der Waals surface area contributed by atoms with Gasteiger partial charge in [0.25, 0.3) is 0 Å². The molecular weight excluding hydrogens is 257 g/mol. The molecule has 1 aromatic rings. The zero-order chi connectivity index (χ0) is 14.5. The number of likely N-dealkylation sites (N-methyl/N-ethyl adjacent to an activating group) is 1. The first kappa shape index (κ1) is 14.9. The van der Waals surface area contributed by atoms with Crippen molar-refractivity contribution in [1.82, 2.24) is 15.1 Å². The summed E-state index contributed by atoms with van der Waals surface area (Å²) in [4.78, 5) is 16.3. The van der Waals surface area contributed by atoms with Crippen molar-refractivity contribution >= 4 is 5.91 Å². The molecule has 1 aliphatic heterocycles. The molecule has 0 saturated carbocycles. The fourth-order valence-electron chi connectivity index (χ4n) is 2.12. The van der Waals surface area contributed by atoms with Crippen LogP contribution in [0.3, 0.4) is 0 Å². The van der Waals surface area contributed by atoms with Crippen LogP contribution in [0.4, 0.5) is 4.39 Å². The van der Waals surface area contributed by atoms with Crippen molar-refractivity contribution in [3.8, 4) is 0 Å². The third-order valence-electron chi connectivity index (χ3n) is 3.55. The van der Waals surface area contributed by atoms with Crippen LogP contribution >= 0.6 is 0 Å². The smallest absolute Gasteiger partial charge is 0.228 e. The molecule has 20 heavy (non-hydrogen) atoms. The van der Waals surface area contributed by atoms with Crippen molar-refractivity contribution < 1.29 is 9.18 Å². The fourth-order valence-corrected chi connectivity index (χ4v) is 2.12. The Kier molecular flexibility index (Phi) is 5.09. The van der Waals surface area contributed by atoms with Gasteiger partial charge in [0.2, 0.25) is 5.91 Å². The van der Waals surface area contributed by atoms with Gasteiger partial charge in [0.05, 0.1) is 5.92 Å². The summed E-state index contributed by atoms with van der Waals surface area (Å²) in [5.41, 5.74) is 0.964. The Balaban J connectivity index is 2.00. The second kappa shape index (κ2) is 6.81. The maximum atomic E-state index is 12.9. The van der Waals surface area contributed by atoms with Crippen LogP contribution in [0.25, 0.3) is 0 Å². The Hall–Kier alpha value is -1.46. The first-order chi connectivity index (χ1) is 9.56. The molecule has 1 N–H and O–H groups in total. The number of amides is 1. The van der Waals surface area contributed by atoms with Crippen LogP contribution in [0.5, 0.6) is 0 Å². The van der Waals surface area contributed by atoms with Gasteiger partial charge in [-0.15, -0.1) is 0 Å². The van der Waals surface area contributed by atoms with Crippen LogP contribution in [0.1, 0.15) is 5.56 Å². The molecule has 0 aromatic heterocycles. The van der Waals surface area contributed by atoms with E-state index in [0.29, 0.717) is 13.1 Å². The topological polar surface area (TPSA) is 35.6 Å². The summed E-state index contributed by atoms with van der Waals surface area (Å²) in [6.07, 6.45) is 0. The summed E-state index contributed by atoms with van der Waals surface area (Å²) in [5.74, 6) is 0.0376. The standard InChI is InChI=1S/C15H22FN3O/c1-18(2)7-8-19(15(20)13-9-17-10-13)11-12-3-5-14(16)6-4-12/h3-6,13,17H,7-11H2,1-2H3. The van der Waals surface area contributed by atoms with E-state index in [1.165, 1.54) is 12.1 Å². The van der Waals surface area contributed by atoms with Gasteiger partial charge in [0.15, 0.2) is 0 Å². The van der Waals surface area contributed by atoms with Crippen LogP contribution in [0.15, 0.2) is 24.3 Å². The molecule has 5 heteroatoms. The second-order valence-electron chi connectivity index (χ2n) is 5.54. The van der Waals surface area contributed by atoms with Gasteiger partial charge in [-0.05, 0) is 31.8 Å². The van der Waals surface area contributed by atoms with Crippen LogP contribution < -0.4 is 5.32 Å². The predicted octanol–water partition coefficient (Wildman–Crippen LogP) is 0.935. The van der Waals surface area contributed by atoms with Crippen molar-refractivity contribution in [2.75, 3.05) is 40.3 Å². The molecule has 2 rings (SSSR count). The van der Waals surface area contributed by atoms with E-state index >= 15 is 0 Å². The zero-order valence-electron chi connectivity index (χ0n) is 12.1. The summed E-state index contributed by atoms with van der Waals surface area (Å²) in [7, 11) is 3.98. The SMILES string of the molecule is CN(C)CCN(Cc1ccc(F)cc1)C(=O)C1CNC1. The monoisotopic (exact) mass is 279 g/mol. The number of nitrogens with zero attached hydrogens (tertiary/aromatic N) is 2. The average molecular weight is 279 g/mol. The third kappa shape index (κ3) is 4.02. The Labute approximate surface area is 119 Å². The zero-order valence-corrected chi connectivity index (χ0v) is 12.1. The summed E-state index contributed by atoms with van der Waals surface area (Å²) >= 11 is 0. The minimum absolute atomic E-state index is 0.0950. The Morgan fingerprint density at radius 1 is 1.25 bits per heavy atom. The van der Waals surface area contributed by atoms with Gasteiger partial charge in [0.1, 0.15) is 5.82 Å². The first-order valence-electron chi connectivity index (χ1n) is 6.95. The minimum Gasteiger partial charge on any atom is -0.337 e. The molecule has 0 unspecified atom stereocenters. The van der Waals surface area contributed by atoms with Crippen molar-refractivity contribution in [3.63, 3.8) is 0 Å². The maximum absolute atomic E-state index is 12.9. The highest BCUT2D eigenvalue weighted by atomic mass is 19.1. The van der Waals surface area contributed by atoms with Crippen LogP contribution in [-0.2, 0) is 11.3 Å². The van der Waals surface area contributed by atoms with E-state index in [-0.39, 0.29) is 17.6 Å². The molecule has 1 heterocycles. The van der Waals surface area contributed by atoms with E-state index < -0.39 is 0 Å². The average Bonchev–Trinajstić information content (AvgIpc) is 2.34. The number of nitrogens with one attached hydrogen (secondary N) is 1. The van der Waals surface area contributed by atoms with Crippen LogP contribution in [0.2, 0.25) is 0 Å². The van der Waals surface area contributed by atoms with E-state index in [2.05, 4.69) is 10.2 Å². The maximum Gasteiger partial charge on any atom is 0.228 e. The number of rotatable bonds is 6. The number of carbonyl (C=O) groups excluding carboxylic acids is 1. The molecule has 1 amide bonds. The van der Waals surface area contributed by atoms with E-state index in [1.54, 1.807) is 12.1 Å². The molecule has 0 atom stereocenters. The number of benzene rings is 1. The molecule has 1 aliphatic rings. The molecular formula is C15H22FN3O. The van der Waals surface area contributed by atoms with Crippen molar-refractivity contribution in [3.05, 3.63) is 35.6 Å². The lowest BCUT2D eigenvalue weighted by molar-refractivity contribution is -0.137. The van der Waals surface area contributed by atoms with E-state index in [4.69, 9.17) is 0 Å². The van der Waals surface area contributed by atoms with Gasteiger partial charge in [-0.3, -0.25) is 4.79 Å². The molecule has 0 bridgehead atoms. The lowest BCUT2D eigenvalue weighted by Gasteiger charge is -2.33. The highest BCUT2D eigenvalue weighted by molar-refractivity contribution is 5.80.